The number of carbonyl (C=O) groups is 2. The molecule has 17 heavy (non-hydrogen) atoms. The third-order valence-electron chi connectivity index (χ3n) is 2.20. The molecule has 1 amide bonds. The number of nitrogens with one attached hydrogen (secondary N) is 1. The van der Waals surface area contributed by atoms with Gasteiger partial charge in [-0.05, 0) is 24.6 Å². The van der Waals surface area contributed by atoms with Crippen molar-refractivity contribution >= 4 is 11.9 Å². The summed E-state index contributed by atoms with van der Waals surface area (Å²) in [5.41, 5.74) is 6.58. The van der Waals surface area contributed by atoms with Crippen LogP contribution in [0.2, 0.25) is 0 Å². The van der Waals surface area contributed by atoms with Gasteiger partial charge in [0.25, 0.3) is 0 Å². The maximum absolute atomic E-state index is 11.3. The number of hydrogen-bond acceptors (Lipinski definition) is 3. The predicted molar refractivity (Wildman–Crippen MR) is 63.5 cm³/mol. The van der Waals surface area contributed by atoms with E-state index in [-0.39, 0.29) is 23.9 Å². The number of hydrogen-bond donors (Lipinski definition) is 3. The lowest BCUT2D eigenvalue weighted by atomic mass is 10.1. The highest BCUT2D eigenvalue weighted by atomic mass is 16.4. The summed E-state index contributed by atoms with van der Waals surface area (Å²) >= 11 is 0. The summed E-state index contributed by atoms with van der Waals surface area (Å²) in [4.78, 5) is 21.9. The van der Waals surface area contributed by atoms with E-state index in [9.17, 15) is 9.59 Å². The van der Waals surface area contributed by atoms with Crippen molar-refractivity contribution in [1.29, 1.82) is 0 Å². The number of nitrogens with two attached hydrogens (primary N) is 1. The van der Waals surface area contributed by atoms with Crippen LogP contribution in [0.1, 0.15) is 29.3 Å². The van der Waals surface area contributed by atoms with E-state index in [0.29, 0.717) is 6.54 Å². The highest BCUT2D eigenvalue weighted by Gasteiger charge is 2.05. The maximum Gasteiger partial charge on any atom is 0.335 e. The molecule has 0 heterocycles. The summed E-state index contributed by atoms with van der Waals surface area (Å²) in [6.45, 7) is 2.15. The minimum atomic E-state index is -0.961. The van der Waals surface area contributed by atoms with Crippen LogP contribution >= 0.6 is 0 Å². The highest BCUT2D eigenvalue weighted by molar-refractivity contribution is 5.87. The molecule has 0 fully saturated rings. The molecule has 5 nitrogen and oxygen atoms in total. The average molecular weight is 236 g/mol. The topological polar surface area (TPSA) is 92.4 Å². The van der Waals surface area contributed by atoms with Gasteiger partial charge in [-0.15, -0.1) is 0 Å². The standard InChI is InChI=1S/C12H16N2O3/c1-8(13)6-11(15)14-7-9-2-4-10(5-3-9)12(16)17/h2-5,8H,6-7,13H2,1H3,(H,14,15)(H,16,17). The fourth-order valence-electron chi connectivity index (χ4n) is 1.33. The molecule has 0 aliphatic carbocycles. The average Bonchev–Trinajstić information content (AvgIpc) is 2.26. The van der Waals surface area contributed by atoms with E-state index in [4.69, 9.17) is 10.8 Å². The van der Waals surface area contributed by atoms with Crippen molar-refractivity contribution in [2.75, 3.05) is 0 Å². The van der Waals surface area contributed by atoms with Gasteiger partial charge in [-0.25, -0.2) is 4.79 Å². The molecule has 0 radical (unpaired) electrons. The number of rotatable bonds is 5. The van der Waals surface area contributed by atoms with Gasteiger partial charge in [0, 0.05) is 19.0 Å². The second-order valence-corrected chi connectivity index (χ2v) is 3.96. The van der Waals surface area contributed by atoms with Gasteiger partial charge in [-0.2, -0.15) is 0 Å². The van der Waals surface area contributed by atoms with Crippen LogP contribution in [-0.2, 0) is 11.3 Å². The molecule has 1 aromatic carbocycles. The quantitative estimate of drug-likeness (QED) is 0.703. The van der Waals surface area contributed by atoms with E-state index in [1.165, 1.54) is 12.1 Å². The number of carboxylic acid groups (broad SMARTS) is 1. The third kappa shape index (κ3) is 4.65. The first-order chi connectivity index (χ1) is 7.99. The van der Waals surface area contributed by atoms with Crippen molar-refractivity contribution in [2.45, 2.75) is 25.9 Å². The smallest absolute Gasteiger partial charge is 0.335 e. The summed E-state index contributed by atoms with van der Waals surface area (Å²) < 4.78 is 0. The fourth-order valence-corrected chi connectivity index (χ4v) is 1.33. The molecule has 5 heteroatoms. The van der Waals surface area contributed by atoms with Crippen molar-refractivity contribution < 1.29 is 14.7 Å². The van der Waals surface area contributed by atoms with E-state index in [1.807, 2.05) is 0 Å². The third-order valence-corrected chi connectivity index (χ3v) is 2.20. The molecule has 0 aliphatic rings. The Bertz CT molecular complexity index is 399. The lowest BCUT2D eigenvalue weighted by molar-refractivity contribution is -0.121. The normalized spacial score (nSPS) is 11.9. The van der Waals surface area contributed by atoms with E-state index >= 15 is 0 Å². The zero-order valence-corrected chi connectivity index (χ0v) is 9.64. The van der Waals surface area contributed by atoms with Crippen LogP contribution in [0.5, 0.6) is 0 Å². The second-order valence-electron chi connectivity index (χ2n) is 3.96. The number of aromatic carboxylic acids is 1. The molecule has 92 valence electrons. The Hall–Kier alpha value is -1.88. The Morgan fingerprint density at radius 1 is 1.35 bits per heavy atom. The monoisotopic (exact) mass is 236 g/mol. The minimum Gasteiger partial charge on any atom is -0.478 e. The van der Waals surface area contributed by atoms with Gasteiger partial charge in [0.2, 0.25) is 5.91 Å². The molecule has 0 aliphatic heterocycles. The van der Waals surface area contributed by atoms with Crippen LogP contribution in [0.4, 0.5) is 0 Å². The van der Waals surface area contributed by atoms with E-state index < -0.39 is 5.97 Å². The van der Waals surface area contributed by atoms with Crippen molar-refractivity contribution in [3.8, 4) is 0 Å². The maximum atomic E-state index is 11.3. The molecule has 1 aromatic rings. The molecular formula is C12H16N2O3. The van der Waals surface area contributed by atoms with Gasteiger partial charge in [-0.3, -0.25) is 4.79 Å². The number of carboxylic acids is 1. The van der Waals surface area contributed by atoms with Crippen LogP contribution in [0.3, 0.4) is 0 Å². The van der Waals surface area contributed by atoms with Crippen LogP contribution in [0, 0.1) is 0 Å². The lowest BCUT2D eigenvalue weighted by Gasteiger charge is -2.07. The van der Waals surface area contributed by atoms with Crippen LogP contribution < -0.4 is 11.1 Å². The molecule has 0 spiro atoms. The van der Waals surface area contributed by atoms with Crippen LogP contribution in [0.15, 0.2) is 24.3 Å². The Morgan fingerprint density at radius 3 is 2.41 bits per heavy atom. The van der Waals surface area contributed by atoms with Gasteiger partial charge in [0.15, 0.2) is 0 Å². The Morgan fingerprint density at radius 2 is 1.94 bits per heavy atom. The Labute approximate surface area is 99.6 Å². The molecule has 0 aromatic heterocycles. The molecule has 1 unspecified atom stereocenters. The SMILES string of the molecule is CC(N)CC(=O)NCc1ccc(C(=O)O)cc1. The van der Waals surface area contributed by atoms with E-state index in [2.05, 4.69) is 5.32 Å². The molecule has 0 saturated heterocycles. The molecule has 1 rings (SSSR count). The first-order valence-electron chi connectivity index (χ1n) is 5.33. The first kappa shape index (κ1) is 13.2. The largest absolute Gasteiger partial charge is 0.478 e. The van der Waals surface area contributed by atoms with Gasteiger partial charge in [-0.1, -0.05) is 12.1 Å². The van der Waals surface area contributed by atoms with Gasteiger partial charge >= 0.3 is 5.97 Å². The summed E-state index contributed by atoms with van der Waals surface area (Å²) in [6.07, 6.45) is 0.285. The summed E-state index contributed by atoms with van der Waals surface area (Å²) in [5.74, 6) is -1.07. The summed E-state index contributed by atoms with van der Waals surface area (Å²) in [7, 11) is 0. The van der Waals surface area contributed by atoms with Crippen molar-refractivity contribution in [2.24, 2.45) is 5.73 Å². The van der Waals surface area contributed by atoms with Gasteiger partial charge < -0.3 is 16.2 Å². The van der Waals surface area contributed by atoms with Gasteiger partial charge in [0.1, 0.15) is 0 Å². The van der Waals surface area contributed by atoms with Crippen molar-refractivity contribution in [3.05, 3.63) is 35.4 Å². The first-order valence-corrected chi connectivity index (χ1v) is 5.33. The van der Waals surface area contributed by atoms with Crippen molar-refractivity contribution in [3.63, 3.8) is 0 Å². The number of carbonyl (C=O) groups excluding carboxylic acids is 1. The van der Waals surface area contributed by atoms with Crippen LogP contribution in [-0.4, -0.2) is 23.0 Å². The molecular weight excluding hydrogens is 220 g/mol. The number of benzene rings is 1. The minimum absolute atomic E-state index is 0.109. The zero-order chi connectivity index (χ0) is 12.8. The summed E-state index contributed by atoms with van der Waals surface area (Å²) in [5, 5.41) is 11.4. The Kier molecular flexibility index (Phi) is 4.66. The Balaban J connectivity index is 2.47. The number of amides is 1. The van der Waals surface area contributed by atoms with Crippen molar-refractivity contribution in [1.82, 2.24) is 5.32 Å². The lowest BCUT2D eigenvalue weighted by Crippen LogP contribution is -2.29. The fraction of sp³-hybridized carbons (Fsp3) is 0.333. The molecule has 4 N–H and O–H groups in total. The molecule has 0 saturated carbocycles. The molecule has 1 atom stereocenters. The van der Waals surface area contributed by atoms with E-state index in [0.717, 1.165) is 5.56 Å². The summed E-state index contributed by atoms with van der Waals surface area (Å²) in [6, 6.07) is 6.21. The van der Waals surface area contributed by atoms with Crippen LogP contribution in [0.25, 0.3) is 0 Å². The second kappa shape index (κ2) is 6.00. The van der Waals surface area contributed by atoms with E-state index in [1.54, 1.807) is 19.1 Å². The van der Waals surface area contributed by atoms with Gasteiger partial charge in [0.05, 0.1) is 5.56 Å². The highest BCUT2D eigenvalue weighted by Crippen LogP contribution is 2.04. The zero-order valence-electron chi connectivity index (χ0n) is 9.64. The molecule has 0 bridgehead atoms. The predicted octanol–water partition coefficient (Wildman–Crippen LogP) is 0.738.